The molecule has 2 aliphatic rings. The number of halogens is 2. The van der Waals surface area contributed by atoms with Crippen LogP contribution in [0.5, 0.6) is 5.75 Å². The van der Waals surface area contributed by atoms with E-state index in [9.17, 15) is 8.78 Å². The highest BCUT2D eigenvalue weighted by atomic mass is 19.3. The Labute approximate surface area is 137 Å². The summed E-state index contributed by atoms with van der Waals surface area (Å²) in [7, 11) is 0. The number of alkyl halides is 2. The van der Waals surface area contributed by atoms with Crippen LogP contribution in [0, 0.1) is 17.8 Å². The third kappa shape index (κ3) is 4.13. The molecule has 0 N–H and O–H groups in total. The Balaban J connectivity index is 1.59. The van der Waals surface area contributed by atoms with E-state index in [1.165, 1.54) is 44.1 Å². The lowest BCUT2D eigenvalue weighted by Crippen LogP contribution is -2.30. The summed E-state index contributed by atoms with van der Waals surface area (Å²) >= 11 is 0. The first kappa shape index (κ1) is 16.5. The smallest absolute Gasteiger partial charge is 0.387 e. The van der Waals surface area contributed by atoms with Gasteiger partial charge in [0.25, 0.3) is 0 Å². The fraction of sp³-hybridized carbons (Fsp3) is 0.600. The molecule has 0 aromatic heterocycles. The van der Waals surface area contributed by atoms with E-state index in [2.05, 4.69) is 23.8 Å². The second-order valence-electron chi connectivity index (χ2n) is 7.08. The quantitative estimate of drug-likeness (QED) is 0.603. The predicted molar refractivity (Wildman–Crippen MR) is 88.8 cm³/mol. The van der Waals surface area contributed by atoms with Crippen LogP contribution in [0.3, 0.4) is 0 Å². The predicted octanol–water partition coefficient (Wildman–Crippen LogP) is 6.16. The van der Waals surface area contributed by atoms with Gasteiger partial charge in [-0.1, -0.05) is 24.3 Å². The molecule has 2 fully saturated rings. The fourth-order valence-electron chi connectivity index (χ4n) is 4.60. The molecule has 1 aromatic rings. The van der Waals surface area contributed by atoms with E-state index in [4.69, 9.17) is 0 Å². The van der Waals surface area contributed by atoms with Crippen LogP contribution in [0.25, 0.3) is 0 Å². The number of benzene rings is 1. The van der Waals surface area contributed by atoms with Crippen LogP contribution >= 0.6 is 0 Å². The molecule has 0 saturated heterocycles. The van der Waals surface area contributed by atoms with Gasteiger partial charge in [-0.15, -0.1) is 0 Å². The highest BCUT2D eigenvalue weighted by molar-refractivity contribution is 5.30. The van der Waals surface area contributed by atoms with Crippen LogP contribution in [-0.2, 0) is 0 Å². The number of hydrogen-bond donors (Lipinski definition) is 0. The summed E-state index contributed by atoms with van der Waals surface area (Å²) in [6, 6.07) is 7.29. The van der Waals surface area contributed by atoms with Gasteiger partial charge in [-0.05, 0) is 86.8 Å². The minimum atomic E-state index is -2.75. The normalized spacial score (nSPS) is 31.3. The van der Waals surface area contributed by atoms with Gasteiger partial charge in [0.1, 0.15) is 5.75 Å². The van der Waals surface area contributed by atoms with Crippen LogP contribution in [0.4, 0.5) is 8.78 Å². The van der Waals surface area contributed by atoms with Gasteiger partial charge in [0, 0.05) is 0 Å². The van der Waals surface area contributed by atoms with Gasteiger partial charge >= 0.3 is 6.61 Å². The number of hydrogen-bond acceptors (Lipinski definition) is 1. The largest absolute Gasteiger partial charge is 0.435 e. The maximum Gasteiger partial charge on any atom is 0.387 e. The summed E-state index contributed by atoms with van der Waals surface area (Å²) in [5.74, 6) is 3.33. The molecular formula is C20H26F2O. The maximum absolute atomic E-state index is 12.2. The third-order valence-corrected chi connectivity index (χ3v) is 5.69. The van der Waals surface area contributed by atoms with Crippen molar-refractivity contribution in [2.24, 2.45) is 17.8 Å². The summed E-state index contributed by atoms with van der Waals surface area (Å²) in [6.45, 7) is -0.631. The van der Waals surface area contributed by atoms with Crippen molar-refractivity contribution in [3.05, 3.63) is 42.0 Å². The molecule has 0 heterocycles. The molecule has 0 aliphatic heterocycles. The van der Waals surface area contributed by atoms with Gasteiger partial charge in [0.05, 0.1) is 0 Å². The van der Waals surface area contributed by atoms with Crippen molar-refractivity contribution in [3.8, 4) is 5.75 Å². The highest BCUT2D eigenvalue weighted by Crippen LogP contribution is 2.47. The van der Waals surface area contributed by atoms with Crippen molar-refractivity contribution in [3.63, 3.8) is 0 Å². The van der Waals surface area contributed by atoms with Gasteiger partial charge in [-0.2, -0.15) is 8.78 Å². The summed E-state index contributed by atoms with van der Waals surface area (Å²) in [5.41, 5.74) is 1.28. The Morgan fingerprint density at radius 2 is 1.70 bits per heavy atom. The third-order valence-electron chi connectivity index (χ3n) is 5.69. The van der Waals surface area contributed by atoms with Crippen molar-refractivity contribution in [2.75, 3.05) is 0 Å². The van der Waals surface area contributed by atoms with Crippen molar-refractivity contribution in [1.82, 2.24) is 0 Å². The zero-order valence-electron chi connectivity index (χ0n) is 13.8. The summed E-state index contributed by atoms with van der Waals surface area (Å²) < 4.78 is 28.9. The molecule has 0 bridgehead atoms. The average Bonchev–Trinajstić information content (AvgIpc) is 2.55. The van der Waals surface area contributed by atoms with Gasteiger partial charge in [0.2, 0.25) is 0 Å². The lowest BCUT2D eigenvalue weighted by molar-refractivity contribution is -0.0498. The molecule has 0 radical (unpaired) electrons. The molecule has 0 amide bonds. The van der Waals surface area contributed by atoms with E-state index in [1.807, 2.05) is 12.1 Å². The highest BCUT2D eigenvalue weighted by Gasteiger charge is 2.35. The molecule has 3 rings (SSSR count). The van der Waals surface area contributed by atoms with Crippen molar-refractivity contribution >= 4 is 0 Å². The van der Waals surface area contributed by atoms with Crippen molar-refractivity contribution < 1.29 is 13.5 Å². The molecule has 23 heavy (non-hydrogen) atoms. The van der Waals surface area contributed by atoms with E-state index in [0.717, 1.165) is 17.8 Å². The van der Waals surface area contributed by atoms with E-state index in [0.29, 0.717) is 5.92 Å². The number of allylic oxidation sites excluding steroid dienone is 2. The van der Waals surface area contributed by atoms with Crippen LogP contribution < -0.4 is 4.74 Å². The van der Waals surface area contributed by atoms with Gasteiger partial charge in [-0.3, -0.25) is 0 Å². The lowest BCUT2D eigenvalue weighted by Gasteiger charge is -2.41. The average molecular weight is 320 g/mol. The molecule has 4 atom stereocenters. The molecule has 3 heteroatoms. The number of fused-ring (bicyclic) bond motifs is 1. The first-order valence-corrected chi connectivity index (χ1v) is 8.83. The van der Waals surface area contributed by atoms with Gasteiger partial charge in [-0.25, -0.2) is 0 Å². The van der Waals surface area contributed by atoms with Crippen LogP contribution in [0.15, 0.2) is 36.4 Å². The second kappa shape index (κ2) is 7.46. The van der Waals surface area contributed by atoms with Crippen molar-refractivity contribution in [1.29, 1.82) is 0 Å². The Bertz CT molecular complexity index is 523. The Morgan fingerprint density at radius 1 is 1.00 bits per heavy atom. The standard InChI is InChI=1S/C20H26F2O/c1-2-3-14-4-5-18-13-17(7-6-16(18)12-14)15-8-10-19(11-9-15)23-20(21)22/h2-3,8-11,14,16-18,20H,4-7,12-13H2,1H3/b3-2+. The van der Waals surface area contributed by atoms with Crippen LogP contribution in [-0.4, -0.2) is 6.61 Å². The molecule has 2 aliphatic carbocycles. The molecule has 1 aromatic carbocycles. The van der Waals surface area contributed by atoms with Gasteiger partial charge in [0.15, 0.2) is 0 Å². The molecule has 0 spiro atoms. The van der Waals surface area contributed by atoms with Gasteiger partial charge < -0.3 is 4.74 Å². The topological polar surface area (TPSA) is 9.23 Å². The zero-order chi connectivity index (χ0) is 16.2. The van der Waals surface area contributed by atoms with E-state index in [1.54, 1.807) is 12.1 Å². The monoisotopic (exact) mass is 320 g/mol. The molecular weight excluding hydrogens is 294 g/mol. The number of ether oxygens (including phenoxy) is 1. The molecule has 4 unspecified atom stereocenters. The Kier molecular flexibility index (Phi) is 5.34. The maximum atomic E-state index is 12.2. The zero-order valence-corrected chi connectivity index (χ0v) is 13.8. The minimum Gasteiger partial charge on any atom is -0.435 e. The Morgan fingerprint density at radius 3 is 2.39 bits per heavy atom. The van der Waals surface area contributed by atoms with Crippen LogP contribution in [0.1, 0.15) is 56.9 Å². The number of rotatable bonds is 4. The lowest BCUT2D eigenvalue weighted by atomic mass is 9.64. The second-order valence-corrected chi connectivity index (χ2v) is 7.08. The SMILES string of the molecule is C/C=C/C1CCC2CC(c3ccc(OC(F)F)cc3)CCC2C1. The molecule has 126 valence electrons. The molecule has 1 nitrogen and oxygen atoms in total. The fourth-order valence-corrected chi connectivity index (χ4v) is 4.60. The first-order valence-electron chi connectivity index (χ1n) is 8.83. The van der Waals surface area contributed by atoms with Crippen LogP contribution in [0.2, 0.25) is 0 Å². The van der Waals surface area contributed by atoms with E-state index in [-0.39, 0.29) is 5.75 Å². The van der Waals surface area contributed by atoms with E-state index < -0.39 is 6.61 Å². The molecule has 2 saturated carbocycles. The summed E-state index contributed by atoms with van der Waals surface area (Å²) in [6.07, 6.45) is 12.4. The summed E-state index contributed by atoms with van der Waals surface area (Å²) in [4.78, 5) is 0. The minimum absolute atomic E-state index is 0.254. The first-order chi connectivity index (χ1) is 11.2. The summed E-state index contributed by atoms with van der Waals surface area (Å²) in [5, 5.41) is 0. The van der Waals surface area contributed by atoms with E-state index >= 15 is 0 Å². The van der Waals surface area contributed by atoms with Crippen molar-refractivity contribution in [2.45, 2.75) is 58.0 Å². The Hall–Kier alpha value is -1.38.